The fourth-order valence-corrected chi connectivity index (χ4v) is 3.09. The van der Waals surface area contributed by atoms with Crippen LogP contribution in [0.3, 0.4) is 0 Å². The van der Waals surface area contributed by atoms with E-state index in [0.717, 1.165) is 16.9 Å². The molecule has 3 aromatic rings. The molecule has 8 nitrogen and oxygen atoms in total. The zero-order chi connectivity index (χ0) is 23.6. The van der Waals surface area contributed by atoms with Crippen LogP contribution in [0.2, 0.25) is 0 Å². The number of carbonyl (C=O) groups excluding carboxylic acids is 3. The van der Waals surface area contributed by atoms with Gasteiger partial charge in [-0.2, -0.15) is 0 Å². The molecule has 3 amide bonds. The first kappa shape index (κ1) is 23.3. The van der Waals surface area contributed by atoms with Gasteiger partial charge in [0.15, 0.2) is 0 Å². The third-order valence-corrected chi connectivity index (χ3v) is 4.87. The Morgan fingerprint density at radius 2 is 1.42 bits per heavy atom. The number of hydrogen-bond donors (Lipinski definition) is 3. The molecule has 0 bridgehead atoms. The summed E-state index contributed by atoms with van der Waals surface area (Å²) in [4.78, 5) is 37.4. The molecule has 0 fully saturated rings. The van der Waals surface area contributed by atoms with Gasteiger partial charge in [-0.25, -0.2) is 0 Å². The summed E-state index contributed by atoms with van der Waals surface area (Å²) in [5.74, 6) is -0.745. The Labute approximate surface area is 191 Å². The number of ether oxygens (including phenoxy) is 2. The van der Waals surface area contributed by atoms with Gasteiger partial charge in [-0.3, -0.25) is 14.4 Å². The lowest BCUT2D eigenvalue weighted by molar-refractivity contribution is -0.136. The van der Waals surface area contributed by atoms with E-state index in [-0.39, 0.29) is 23.7 Å². The number of anilines is 1. The predicted molar refractivity (Wildman–Crippen MR) is 124 cm³/mol. The molecule has 33 heavy (non-hydrogen) atoms. The maximum absolute atomic E-state index is 12.7. The van der Waals surface area contributed by atoms with Gasteiger partial charge in [-0.05, 0) is 35.9 Å². The summed E-state index contributed by atoms with van der Waals surface area (Å²) in [5.41, 5.74) is 2.11. The Balaban J connectivity index is 1.59. The highest BCUT2D eigenvalue weighted by Gasteiger charge is 2.18. The fourth-order valence-electron chi connectivity index (χ4n) is 3.09. The summed E-state index contributed by atoms with van der Waals surface area (Å²) >= 11 is 0. The molecule has 3 rings (SSSR count). The average molecular weight is 447 g/mol. The molecule has 0 saturated heterocycles. The third-order valence-electron chi connectivity index (χ3n) is 4.87. The van der Waals surface area contributed by atoms with Crippen LogP contribution in [0.5, 0.6) is 11.5 Å². The number of para-hydroxylation sites is 2. The normalized spacial score (nSPS) is 10.1. The summed E-state index contributed by atoms with van der Waals surface area (Å²) in [5, 5.41) is 7.88. The Morgan fingerprint density at radius 1 is 0.727 bits per heavy atom. The average Bonchev–Trinajstić information content (AvgIpc) is 2.86. The highest BCUT2D eigenvalue weighted by Crippen LogP contribution is 2.18. The molecule has 0 heterocycles. The molecule has 0 spiro atoms. The van der Waals surface area contributed by atoms with Crippen LogP contribution >= 0.6 is 0 Å². The molecule has 0 unspecified atom stereocenters. The number of amides is 3. The van der Waals surface area contributed by atoms with Crippen LogP contribution in [-0.2, 0) is 22.7 Å². The molecule has 3 N–H and O–H groups in total. The first-order valence-corrected chi connectivity index (χ1v) is 10.2. The molecule has 0 radical (unpaired) electrons. The fraction of sp³-hybridized carbons (Fsp3) is 0.160. The van der Waals surface area contributed by atoms with Crippen molar-refractivity contribution in [2.45, 2.75) is 13.1 Å². The second-order valence-corrected chi connectivity index (χ2v) is 7.02. The Kier molecular flexibility index (Phi) is 8.02. The van der Waals surface area contributed by atoms with Crippen molar-refractivity contribution in [2.24, 2.45) is 0 Å². The quantitative estimate of drug-likeness (QED) is 0.461. The number of hydrogen-bond acceptors (Lipinski definition) is 5. The van der Waals surface area contributed by atoms with E-state index in [0.29, 0.717) is 12.3 Å². The summed E-state index contributed by atoms with van der Waals surface area (Å²) in [7, 11) is 3.12. The van der Waals surface area contributed by atoms with E-state index < -0.39 is 11.8 Å². The summed E-state index contributed by atoms with van der Waals surface area (Å²) in [6, 6.07) is 21.0. The van der Waals surface area contributed by atoms with E-state index in [1.807, 2.05) is 24.3 Å². The molecule has 0 aliphatic carbocycles. The van der Waals surface area contributed by atoms with Gasteiger partial charge in [0.25, 0.3) is 5.91 Å². The first-order chi connectivity index (χ1) is 16.0. The van der Waals surface area contributed by atoms with Crippen molar-refractivity contribution in [2.75, 3.05) is 19.5 Å². The van der Waals surface area contributed by atoms with Gasteiger partial charge in [0.05, 0.1) is 25.5 Å². The zero-order valence-corrected chi connectivity index (χ0v) is 18.4. The van der Waals surface area contributed by atoms with Gasteiger partial charge >= 0.3 is 11.8 Å². The van der Waals surface area contributed by atoms with Crippen molar-refractivity contribution in [3.63, 3.8) is 0 Å². The number of nitrogens with one attached hydrogen (secondary N) is 3. The van der Waals surface area contributed by atoms with Crippen molar-refractivity contribution in [3.05, 3.63) is 89.5 Å². The third kappa shape index (κ3) is 6.33. The van der Waals surface area contributed by atoms with Crippen LogP contribution in [0.25, 0.3) is 0 Å². The van der Waals surface area contributed by atoms with Crippen LogP contribution in [0.4, 0.5) is 5.69 Å². The molecule has 0 aromatic heterocycles. The first-order valence-electron chi connectivity index (χ1n) is 10.2. The number of carbonyl (C=O) groups is 3. The monoisotopic (exact) mass is 447 g/mol. The second-order valence-electron chi connectivity index (χ2n) is 7.02. The van der Waals surface area contributed by atoms with E-state index in [2.05, 4.69) is 16.0 Å². The van der Waals surface area contributed by atoms with Crippen molar-refractivity contribution in [1.82, 2.24) is 10.6 Å². The standard InChI is InChI=1S/C25H25N3O5/c1-32-19-13-11-17(12-14-19)15-26-23(29)20-8-4-5-9-21(20)28-25(31)24(30)27-16-18-7-3-6-10-22(18)33-2/h3-14H,15-16H2,1-2H3,(H,26,29)(H,27,30)(H,28,31). The smallest absolute Gasteiger partial charge is 0.313 e. The van der Waals surface area contributed by atoms with Gasteiger partial charge < -0.3 is 25.4 Å². The van der Waals surface area contributed by atoms with Crippen molar-refractivity contribution in [3.8, 4) is 11.5 Å². The lowest BCUT2D eigenvalue weighted by atomic mass is 10.1. The molecule has 0 saturated carbocycles. The zero-order valence-electron chi connectivity index (χ0n) is 18.4. The maximum Gasteiger partial charge on any atom is 0.313 e. The minimum atomic E-state index is -0.875. The van der Waals surface area contributed by atoms with E-state index in [9.17, 15) is 14.4 Å². The molecule has 170 valence electrons. The van der Waals surface area contributed by atoms with Crippen molar-refractivity contribution < 1.29 is 23.9 Å². The van der Waals surface area contributed by atoms with Gasteiger partial charge in [-0.1, -0.05) is 42.5 Å². The van der Waals surface area contributed by atoms with Gasteiger partial charge in [-0.15, -0.1) is 0 Å². The molecular weight excluding hydrogens is 422 g/mol. The Morgan fingerprint density at radius 3 is 2.15 bits per heavy atom. The maximum atomic E-state index is 12.7. The Bertz CT molecular complexity index is 1130. The molecule has 0 aliphatic heterocycles. The molecule has 0 atom stereocenters. The Hall–Kier alpha value is -4.33. The van der Waals surface area contributed by atoms with Crippen LogP contribution in [-0.4, -0.2) is 31.9 Å². The minimum absolute atomic E-state index is 0.125. The largest absolute Gasteiger partial charge is 0.497 e. The topological polar surface area (TPSA) is 106 Å². The van der Waals surface area contributed by atoms with Gasteiger partial charge in [0, 0.05) is 18.7 Å². The minimum Gasteiger partial charge on any atom is -0.497 e. The van der Waals surface area contributed by atoms with Crippen LogP contribution in [0.15, 0.2) is 72.8 Å². The van der Waals surface area contributed by atoms with E-state index >= 15 is 0 Å². The second kappa shape index (κ2) is 11.3. The number of methoxy groups -OCH3 is 2. The van der Waals surface area contributed by atoms with Crippen molar-refractivity contribution >= 4 is 23.4 Å². The van der Waals surface area contributed by atoms with Crippen LogP contribution < -0.4 is 25.4 Å². The predicted octanol–water partition coefficient (Wildman–Crippen LogP) is 2.89. The van der Waals surface area contributed by atoms with E-state index in [1.54, 1.807) is 55.6 Å². The summed E-state index contributed by atoms with van der Waals surface area (Å²) in [6.45, 7) is 0.421. The van der Waals surface area contributed by atoms with E-state index in [1.165, 1.54) is 7.11 Å². The summed E-state index contributed by atoms with van der Waals surface area (Å²) < 4.78 is 10.4. The number of benzene rings is 3. The highest BCUT2D eigenvalue weighted by atomic mass is 16.5. The van der Waals surface area contributed by atoms with Crippen molar-refractivity contribution in [1.29, 1.82) is 0 Å². The lowest BCUT2D eigenvalue weighted by Crippen LogP contribution is -2.35. The van der Waals surface area contributed by atoms with E-state index in [4.69, 9.17) is 9.47 Å². The molecule has 3 aromatic carbocycles. The molecule has 8 heteroatoms. The lowest BCUT2D eigenvalue weighted by Gasteiger charge is -2.12. The number of rotatable bonds is 8. The SMILES string of the molecule is COc1ccc(CNC(=O)c2ccccc2NC(=O)C(=O)NCc2ccccc2OC)cc1. The highest BCUT2D eigenvalue weighted by molar-refractivity contribution is 6.40. The van der Waals surface area contributed by atoms with Crippen LogP contribution in [0, 0.1) is 0 Å². The van der Waals surface area contributed by atoms with Gasteiger partial charge in [0.1, 0.15) is 11.5 Å². The van der Waals surface area contributed by atoms with Gasteiger partial charge in [0.2, 0.25) is 0 Å². The molecule has 0 aliphatic rings. The summed E-state index contributed by atoms with van der Waals surface area (Å²) in [6.07, 6.45) is 0. The van der Waals surface area contributed by atoms with Crippen LogP contribution in [0.1, 0.15) is 21.5 Å². The molecular formula is C25H25N3O5.